The van der Waals surface area contributed by atoms with Crippen molar-refractivity contribution in [3.8, 4) is 11.3 Å². The number of carbonyl (C=O) groups is 1. The van der Waals surface area contributed by atoms with E-state index in [2.05, 4.69) is 17.0 Å². The summed E-state index contributed by atoms with van der Waals surface area (Å²) in [6.07, 6.45) is 3.25. The van der Waals surface area contributed by atoms with Crippen LogP contribution in [0.2, 0.25) is 0 Å². The highest BCUT2D eigenvalue weighted by Crippen LogP contribution is 2.26. The zero-order valence-corrected chi connectivity index (χ0v) is 12.1. The molecule has 1 fully saturated rings. The molecule has 0 radical (unpaired) electrons. The molecule has 0 unspecified atom stereocenters. The van der Waals surface area contributed by atoms with Crippen molar-refractivity contribution in [3.05, 3.63) is 42.2 Å². The molecule has 4 nitrogen and oxygen atoms in total. The van der Waals surface area contributed by atoms with Gasteiger partial charge in [0.25, 0.3) is 0 Å². The topological polar surface area (TPSA) is 42.7 Å². The minimum Gasteiger partial charge on any atom is -0.453 e. The highest BCUT2D eigenvalue weighted by atomic mass is 16.5. The van der Waals surface area contributed by atoms with Crippen molar-refractivity contribution in [2.75, 3.05) is 25.1 Å². The third-order valence-electron chi connectivity index (χ3n) is 4.04. The second-order valence-corrected chi connectivity index (χ2v) is 5.29. The number of piperidine rings is 1. The van der Waals surface area contributed by atoms with Gasteiger partial charge in [-0.2, -0.15) is 0 Å². The molecule has 0 saturated carbocycles. The quantitative estimate of drug-likeness (QED) is 0.808. The molecule has 4 heteroatoms. The van der Waals surface area contributed by atoms with Gasteiger partial charge in [-0.05, 0) is 49.2 Å². The predicted molar refractivity (Wildman–Crippen MR) is 81.8 cm³/mol. The van der Waals surface area contributed by atoms with Crippen LogP contribution in [-0.4, -0.2) is 32.6 Å². The second kappa shape index (κ2) is 6.14. The Labute approximate surface area is 124 Å². The van der Waals surface area contributed by atoms with E-state index in [0.717, 1.165) is 43.5 Å². The number of carbonyl (C=O) groups excluding carboxylic acids is 1. The summed E-state index contributed by atoms with van der Waals surface area (Å²) in [5.74, 6) is 1.08. The maximum absolute atomic E-state index is 10.7. The first-order chi connectivity index (χ1) is 10.3. The van der Waals surface area contributed by atoms with Crippen molar-refractivity contribution in [2.45, 2.75) is 18.9 Å². The Bertz CT molecular complexity index is 595. The molecule has 3 rings (SSSR count). The maximum atomic E-state index is 10.7. The minimum absolute atomic E-state index is 0.357. The highest BCUT2D eigenvalue weighted by molar-refractivity contribution is 5.73. The first kappa shape index (κ1) is 13.9. The summed E-state index contributed by atoms with van der Waals surface area (Å²) in [5.41, 5.74) is 2.20. The fourth-order valence-corrected chi connectivity index (χ4v) is 2.76. The third-order valence-corrected chi connectivity index (χ3v) is 4.04. The minimum atomic E-state index is 0.357. The number of ether oxygens (including phenoxy) is 1. The van der Waals surface area contributed by atoms with E-state index in [0.29, 0.717) is 11.9 Å². The van der Waals surface area contributed by atoms with Gasteiger partial charge in [0.1, 0.15) is 5.76 Å². The zero-order chi connectivity index (χ0) is 14.7. The monoisotopic (exact) mass is 285 g/mol. The molecule has 1 aromatic heterocycles. The molecule has 0 amide bonds. The largest absolute Gasteiger partial charge is 0.453 e. The lowest BCUT2D eigenvalue weighted by Gasteiger charge is -2.33. The Hall–Kier alpha value is -2.07. The highest BCUT2D eigenvalue weighted by Gasteiger charge is 2.18. The summed E-state index contributed by atoms with van der Waals surface area (Å²) in [6.45, 7) is 2.04. The third kappa shape index (κ3) is 3.00. The van der Waals surface area contributed by atoms with Crippen LogP contribution in [0.4, 0.5) is 5.69 Å². The number of anilines is 1. The molecule has 1 aliphatic heterocycles. The Morgan fingerprint density at radius 2 is 1.86 bits per heavy atom. The van der Waals surface area contributed by atoms with Crippen molar-refractivity contribution < 1.29 is 13.9 Å². The number of hydrogen-bond donors (Lipinski definition) is 0. The van der Waals surface area contributed by atoms with E-state index in [9.17, 15) is 4.79 Å². The molecule has 2 heterocycles. The van der Waals surface area contributed by atoms with Crippen molar-refractivity contribution >= 4 is 12.0 Å². The molecule has 0 atom stereocenters. The average Bonchev–Trinajstić information content (AvgIpc) is 3.04. The van der Waals surface area contributed by atoms with Gasteiger partial charge in [-0.15, -0.1) is 0 Å². The Balaban J connectivity index is 1.71. The van der Waals surface area contributed by atoms with Gasteiger partial charge in [-0.3, -0.25) is 4.79 Å². The van der Waals surface area contributed by atoms with Crippen LogP contribution in [0, 0.1) is 0 Å². The summed E-state index contributed by atoms with van der Waals surface area (Å²) in [5, 5.41) is 0. The van der Waals surface area contributed by atoms with Crippen molar-refractivity contribution in [1.82, 2.24) is 0 Å². The standard InChI is InChI=1S/C17H19NO3/c1-20-15-8-10-18(11-9-15)14-4-2-13(3-5-14)17-7-6-16(12-19)21-17/h2-7,12,15H,8-11H2,1H3. The lowest BCUT2D eigenvalue weighted by atomic mass is 10.1. The molecular formula is C17H19NO3. The molecule has 0 spiro atoms. The van der Waals surface area contributed by atoms with Gasteiger partial charge in [-0.1, -0.05) is 0 Å². The molecule has 0 aliphatic carbocycles. The number of hydrogen-bond acceptors (Lipinski definition) is 4. The van der Waals surface area contributed by atoms with Crippen molar-refractivity contribution in [3.63, 3.8) is 0 Å². The molecule has 1 aliphatic rings. The fraction of sp³-hybridized carbons (Fsp3) is 0.353. The number of methoxy groups -OCH3 is 1. The number of furan rings is 1. The molecule has 0 bridgehead atoms. The summed E-state index contributed by atoms with van der Waals surface area (Å²) in [4.78, 5) is 13.0. The summed E-state index contributed by atoms with van der Waals surface area (Å²) in [7, 11) is 1.78. The van der Waals surface area contributed by atoms with Gasteiger partial charge in [-0.25, -0.2) is 0 Å². The van der Waals surface area contributed by atoms with Gasteiger partial charge in [0, 0.05) is 31.5 Å². The smallest absolute Gasteiger partial charge is 0.185 e. The van der Waals surface area contributed by atoms with Gasteiger partial charge < -0.3 is 14.1 Å². The van der Waals surface area contributed by atoms with Crippen LogP contribution in [0.15, 0.2) is 40.8 Å². The van der Waals surface area contributed by atoms with Crippen LogP contribution < -0.4 is 4.90 Å². The SMILES string of the molecule is COC1CCN(c2ccc(-c3ccc(C=O)o3)cc2)CC1. The molecule has 1 saturated heterocycles. The van der Waals surface area contributed by atoms with E-state index < -0.39 is 0 Å². The average molecular weight is 285 g/mol. The van der Waals surface area contributed by atoms with Crippen LogP contribution in [-0.2, 0) is 4.74 Å². The lowest BCUT2D eigenvalue weighted by Crippen LogP contribution is -2.36. The number of aldehydes is 1. The molecule has 2 aromatic rings. The van der Waals surface area contributed by atoms with Crippen LogP contribution in [0.3, 0.4) is 0 Å². The second-order valence-electron chi connectivity index (χ2n) is 5.29. The maximum Gasteiger partial charge on any atom is 0.185 e. The van der Waals surface area contributed by atoms with E-state index >= 15 is 0 Å². The summed E-state index contributed by atoms with van der Waals surface area (Å²) < 4.78 is 10.8. The molecule has 21 heavy (non-hydrogen) atoms. The first-order valence-electron chi connectivity index (χ1n) is 7.23. The van der Waals surface area contributed by atoms with Crippen LogP contribution >= 0.6 is 0 Å². The molecular weight excluding hydrogens is 266 g/mol. The van der Waals surface area contributed by atoms with E-state index in [1.165, 1.54) is 5.69 Å². The van der Waals surface area contributed by atoms with Crippen LogP contribution in [0.5, 0.6) is 0 Å². The van der Waals surface area contributed by atoms with E-state index in [-0.39, 0.29) is 0 Å². The van der Waals surface area contributed by atoms with Crippen LogP contribution in [0.1, 0.15) is 23.4 Å². The van der Waals surface area contributed by atoms with Crippen molar-refractivity contribution in [1.29, 1.82) is 0 Å². The van der Waals surface area contributed by atoms with E-state index in [4.69, 9.17) is 9.15 Å². The number of nitrogens with zero attached hydrogens (tertiary/aromatic N) is 1. The Kier molecular flexibility index (Phi) is 4.06. The van der Waals surface area contributed by atoms with Gasteiger partial charge in [0.05, 0.1) is 6.10 Å². The van der Waals surface area contributed by atoms with Crippen LogP contribution in [0.25, 0.3) is 11.3 Å². The zero-order valence-electron chi connectivity index (χ0n) is 12.1. The first-order valence-corrected chi connectivity index (χ1v) is 7.23. The van der Waals surface area contributed by atoms with Crippen molar-refractivity contribution in [2.24, 2.45) is 0 Å². The Morgan fingerprint density at radius 1 is 1.14 bits per heavy atom. The molecule has 1 aromatic carbocycles. The van der Waals surface area contributed by atoms with Gasteiger partial charge in [0.15, 0.2) is 12.0 Å². The van der Waals surface area contributed by atoms with E-state index in [1.54, 1.807) is 13.2 Å². The van der Waals surface area contributed by atoms with E-state index in [1.807, 2.05) is 18.2 Å². The fourth-order valence-electron chi connectivity index (χ4n) is 2.76. The van der Waals surface area contributed by atoms with Gasteiger partial charge in [0.2, 0.25) is 0 Å². The Morgan fingerprint density at radius 3 is 2.43 bits per heavy atom. The molecule has 0 N–H and O–H groups in total. The summed E-state index contributed by atoms with van der Waals surface area (Å²) >= 11 is 0. The molecule has 110 valence electrons. The predicted octanol–water partition coefficient (Wildman–Crippen LogP) is 3.37. The number of rotatable bonds is 4. The normalized spacial score (nSPS) is 16.1. The number of benzene rings is 1. The lowest BCUT2D eigenvalue weighted by molar-refractivity contribution is 0.0819. The van der Waals surface area contributed by atoms with Gasteiger partial charge >= 0.3 is 0 Å². The summed E-state index contributed by atoms with van der Waals surface area (Å²) in [6, 6.07) is 11.8.